The maximum absolute atomic E-state index is 11.8. The van der Waals surface area contributed by atoms with Crippen molar-refractivity contribution in [1.82, 2.24) is 10.2 Å². The Balaban J connectivity index is 3.03. The van der Waals surface area contributed by atoms with Crippen LogP contribution in [0.1, 0.15) is 20.8 Å². The molecule has 0 radical (unpaired) electrons. The van der Waals surface area contributed by atoms with Gasteiger partial charge in [-0.1, -0.05) is 11.6 Å². The average molecular weight is 210 g/mol. The van der Waals surface area contributed by atoms with Gasteiger partial charge in [-0.2, -0.15) is 0 Å². The van der Waals surface area contributed by atoms with Crippen molar-refractivity contribution in [3.63, 3.8) is 0 Å². The minimum absolute atomic E-state index is 0.269. The highest BCUT2D eigenvalue weighted by molar-refractivity contribution is 6.17. The number of urea groups is 1. The third kappa shape index (κ3) is 1.91. The fourth-order valence-electron chi connectivity index (χ4n) is 1.48. The molecule has 5 heteroatoms. The molecule has 0 bridgehead atoms. The van der Waals surface area contributed by atoms with Crippen molar-refractivity contribution in [1.29, 1.82) is 0 Å². The number of nitrogens with one attached hydrogen (secondary N) is 1. The number of amides is 4. The largest absolute Gasteiger partial charge is 0.330 e. The van der Waals surface area contributed by atoms with E-state index in [-0.39, 0.29) is 6.54 Å². The Morgan fingerprint density at radius 2 is 2.07 bits per heavy atom. The molecule has 82 valence electrons. The minimum atomic E-state index is -0.854. The van der Waals surface area contributed by atoms with Gasteiger partial charge in [-0.25, -0.2) is 4.79 Å². The number of carbonyl (C=O) groups excluding carboxylic acids is 3. The lowest BCUT2D eigenvalue weighted by Crippen LogP contribution is -2.57. The van der Waals surface area contributed by atoms with E-state index in [1.165, 1.54) is 0 Å². The molecule has 1 fully saturated rings. The van der Waals surface area contributed by atoms with E-state index < -0.39 is 23.8 Å². The van der Waals surface area contributed by atoms with Crippen molar-refractivity contribution in [2.75, 3.05) is 6.54 Å². The topological polar surface area (TPSA) is 66.5 Å². The molecule has 0 aliphatic carbocycles. The van der Waals surface area contributed by atoms with E-state index in [1.54, 1.807) is 26.8 Å². The normalized spacial score (nSPS) is 23.1. The van der Waals surface area contributed by atoms with E-state index in [4.69, 9.17) is 0 Å². The molecule has 1 heterocycles. The lowest BCUT2D eigenvalue weighted by Gasteiger charge is -2.29. The molecule has 4 amide bonds. The molecule has 1 N–H and O–H groups in total. The van der Waals surface area contributed by atoms with E-state index in [2.05, 4.69) is 5.32 Å². The van der Waals surface area contributed by atoms with Crippen LogP contribution in [0.3, 0.4) is 0 Å². The second-order valence-electron chi connectivity index (χ2n) is 3.34. The third-order valence-electron chi connectivity index (χ3n) is 2.48. The predicted molar refractivity (Wildman–Crippen MR) is 53.8 cm³/mol. The van der Waals surface area contributed by atoms with Gasteiger partial charge in [0, 0.05) is 6.54 Å². The number of carbonyl (C=O) groups is 3. The van der Waals surface area contributed by atoms with Crippen LogP contribution < -0.4 is 5.32 Å². The van der Waals surface area contributed by atoms with Crippen LogP contribution in [0.2, 0.25) is 0 Å². The van der Waals surface area contributed by atoms with Crippen LogP contribution in [0.25, 0.3) is 0 Å². The Hall–Kier alpha value is -1.65. The van der Waals surface area contributed by atoms with Gasteiger partial charge in [0.15, 0.2) is 0 Å². The molecular weight excluding hydrogens is 196 g/mol. The summed E-state index contributed by atoms with van der Waals surface area (Å²) in [6, 6.07) is -0.632. The van der Waals surface area contributed by atoms with Crippen LogP contribution >= 0.6 is 0 Å². The molecule has 0 saturated carbocycles. The fourth-order valence-corrected chi connectivity index (χ4v) is 1.48. The Labute approximate surface area is 88.1 Å². The quantitative estimate of drug-likeness (QED) is 0.538. The maximum atomic E-state index is 11.8. The molecule has 0 spiro atoms. The van der Waals surface area contributed by atoms with E-state index >= 15 is 0 Å². The van der Waals surface area contributed by atoms with Crippen molar-refractivity contribution in [3.8, 4) is 0 Å². The van der Waals surface area contributed by atoms with Gasteiger partial charge in [-0.05, 0) is 20.8 Å². The van der Waals surface area contributed by atoms with Gasteiger partial charge < -0.3 is 0 Å². The number of imide groups is 2. The molecule has 1 aliphatic rings. The second kappa shape index (κ2) is 4.25. The summed E-state index contributed by atoms with van der Waals surface area (Å²) in [7, 11) is 0. The molecule has 0 aromatic rings. The van der Waals surface area contributed by atoms with Crippen LogP contribution in [0.15, 0.2) is 11.6 Å². The van der Waals surface area contributed by atoms with Gasteiger partial charge in [0.05, 0.1) is 0 Å². The summed E-state index contributed by atoms with van der Waals surface area (Å²) in [4.78, 5) is 35.5. The summed E-state index contributed by atoms with van der Waals surface area (Å²) < 4.78 is 0. The van der Waals surface area contributed by atoms with E-state index in [1.807, 2.05) is 0 Å². The first kappa shape index (κ1) is 11.4. The molecule has 1 aliphatic heterocycles. The van der Waals surface area contributed by atoms with Crippen LogP contribution in [-0.2, 0) is 9.59 Å². The number of allylic oxidation sites excluding steroid dienone is 1. The average Bonchev–Trinajstić information content (AvgIpc) is 2.17. The number of hydrogen-bond donors (Lipinski definition) is 1. The lowest BCUT2D eigenvalue weighted by molar-refractivity contribution is -0.140. The third-order valence-corrected chi connectivity index (χ3v) is 2.48. The van der Waals surface area contributed by atoms with Crippen molar-refractivity contribution < 1.29 is 14.4 Å². The summed E-state index contributed by atoms with van der Waals surface area (Å²) in [5.41, 5.74) is 0.656. The van der Waals surface area contributed by atoms with Crippen molar-refractivity contribution >= 4 is 17.8 Å². The first-order chi connectivity index (χ1) is 7.02. The predicted octanol–water partition coefficient (Wildman–Crippen LogP) is 0.667. The van der Waals surface area contributed by atoms with Gasteiger partial charge in [-0.15, -0.1) is 0 Å². The van der Waals surface area contributed by atoms with Gasteiger partial charge in [0.25, 0.3) is 0 Å². The van der Waals surface area contributed by atoms with Crippen molar-refractivity contribution in [2.45, 2.75) is 20.8 Å². The fraction of sp³-hybridized carbons (Fsp3) is 0.500. The minimum Gasteiger partial charge on any atom is -0.277 e. The van der Waals surface area contributed by atoms with Gasteiger partial charge in [0.1, 0.15) is 5.92 Å². The summed E-state index contributed by atoms with van der Waals surface area (Å²) in [5, 5.41) is 2.16. The highest BCUT2D eigenvalue weighted by atomic mass is 16.2. The molecule has 5 nitrogen and oxygen atoms in total. The second-order valence-corrected chi connectivity index (χ2v) is 3.34. The summed E-state index contributed by atoms with van der Waals surface area (Å²) in [6.45, 7) is 5.41. The zero-order valence-electron chi connectivity index (χ0n) is 9.03. The highest BCUT2D eigenvalue weighted by Crippen LogP contribution is 2.18. The van der Waals surface area contributed by atoms with Crippen LogP contribution in [-0.4, -0.2) is 29.3 Å². The maximum Gasteiger partial charge on any atom is 0.330 e. The molecule has 0 unspecified atom stereocenters. The molecular formula is C10H14N2O3. The van der Waals surface area contributed by atoms with E-state index in [0.717, 1.165) is 4.90 Å². The van der Waals surface area contributed by atoms with Crippen LogP contribution in [0, 0.1) is 5.92 Å². The Morgan fingerprint density at radius 3 is 2.53 bits per heavy atom. The lowest BCUT2D eigenvalue weighted by atomic mass is 9.96. The van der Waals surface area contributed by atoms with Crippen molar-refractivity contribution in [3.05, 3.63) is 11.6 Å². The number of barbiturate groups is 1. The number of hydrogen-bond acceptors (Lipinski definition) is 3. The van der Waals surface area contributed by atoms with Gasteiger partial charge >= 0.3 is 6.03 Å². The van der Waals surface area contributed by atoms with Gasteiger partial charge in [0.2, 0.25) is 11.8 Å². The molecule has 0 aromatic heterocycles. The number of nitrogens with zero attached hydrogens (tertiary/aromatic N) is 1. The zero-order valence-corrected chi connectivity index (χ0v) is 9.03. The monoisotopic (exact) mass is 210 g/mol. The summed E-state index contributed by atoms with van der Waals surface area (Å²) >= 11 is 0. The molecule has 1 saturated heterocycles. The van der Waals surface area contributed by atoms with Crippen molar-refractivity contribution in [2.24, 2.45) is 5.92 Å². The molecule has 0 aromatic carbocycles. The summed E-state index contributed by atoms with van der Waals surface area (Å²) in [6.07, 6.45) is 1.70. The smallest absolute Gasteiger partial charge is 0.277 e. The van der Waals surface area contributed by atoms with Crippen LogP contribution in [0.5, 0.6) is 0 Å². The molecule has 15 heavy (non-hydrogen) atoms. The standard InChI is InChI=1S/C10H14N2O3/c1-4-6(3)7-8(13)11-10(15)12(5-2)9(7)14/h4,7H,5H2,1-3H3,(H,11,13,15)/b6-4+/t7-/m1/s1. The zero-order chi connectivity index (χ0) is 11.6. The van der Waals surface area contributed by atoms with E-state index in [9.17, 15) is 14.4 Å². The van der Waals surface area contributed by atoms with E-state index in [0.29, 0.717) is 5.57 Å². The first-order valence-corrected chi connectivity index (χ1v) is 4.81. The summed E-state index contributed by atoms with van der Waals surface area (Å²) in [5.74, 6) is -1.83. The Bertz CT molecular complexity index is 347. The first-order valence-electron chi connectivity index (χ1n) is 4.81. The molecule has 1 rings (SSSR count). The highest BCUT2D eigenvalue weighted by Gasteiger charge is 2.40. The molecule has 1 atom stereocenters. The SMILES string of the molecule is C/C=C(\C)[C@@H]1C(=O)NC(=O)N(CC)C1=O. The van der Waals surface area contributed by atoms with Gasteiger partial charge in [-0.3, -0.25) is 19.8 Å². The van der Waals surface area contributed by atoms with Crippen LogP contribution in [0.4, 0.5) is 4.79 Å². The number of rotatable bonds is 2. The Kier molecular flexibility index (Phi) is 3.24. The Morgan fingerprint density at radius 1 is 1.47 bits per heavy atom.